The van der Waals surface area contributed by atoms with Crippen molar-refractivity contribution in [3.8, 4) is 5.75 Å². The summed E-state index contributed by atoms with van der Waals surface area (Å²) in [5.74, 6) is 0.454. The fourth-order valence-electron chi connectivity index (χ4n) is 4.52. The highest BCUT2D eigenvalue weighted by Gasteiger charge is 2.38. The number of aryl methyl sites for hydroxylation is 1. The van der Waals surface area contributed by atoms with E-state index in [4.69, 9.17) is 10.5 Å². The first-order valence-electron chi connectivity index (χ1n) is 10.4. The van der Waals surface area contributed by atoms with Crippen LogP contribution in [-0.2, 0) is 12.8 Å². The Bertz CT molecular complexity index is 1010. The van der Waals surface area contributed by atoms with Crippen LogP contribution in [0.4, 0.5) is 4.39 Å². The van der Waals surface area contributed by atoms with E-state index < -0.39 is 11.7 Å². The van der Waals surface area contributed by atoms with Crippen LogP contribution >= 0.6 is 15.9 Å². The smallest absolute Gasteiger partial charge is 0.258 e. The normalized spacial score (nSPS) is 22.5. The van der Waals surface area contributed by atoms with E-state index in [2.05, 4.69) is 31.1 Å². The second kappa shape index (κ2) is 9.36. The van der Waals surface area contributed by atoms with Gasteiger partial charge in [0.25, 0.3) is 5.91 Å². The molecule has 3 unspecified atom stereocenters. The molecule has 0 aromatic heterocycles. The summed E-state index contributed by atoms with van der Waals surface area (Å²) >= 11 is 3.46. The number of nitrogens with zero attached hydrogens (tertiary/aromatic N) is 2. The summed E-state index contributed by atoms with van der Waals surface area (Å²) < 4.78 is 21.0. The van der Waals surface area contributed by atoms with Crippen molar-refractivity contribution in [2.75, 3.05) is 26.7 Å². The molecule has 2 saturated heterocycles. The number of halogens is 2. The van der Waals surface area contributed by atoms with Crippen LogP contribution in [0.3, 0.4) is 0 Å². The van der Waals surface area contributed by atoms with Gasteiger partial charge in [0.05, 0.1) is 13.2 Å². The minimum atomic E-state index is -0.444. The van der Waals surface area contributed by atoms with Crippen LogP contribution in [0, 0.1) is 11.7 Å². The zero-order chi connectivity index (χ0) is 22.0. The van der Waals surface area contributed by atoms with Gasteiger partial charge in [-0.3, -0.25) is 10.1 Å². The zero-order valence-corrected chi connectivity index (χ0v) is 19.0. The number of nitrogens with one attached hydrogen (secondary N) is 1. The van der Waals surface area contributed by atoms with Crippen molar-refractivity contribution < 1.29 is 13.9 Å². The number of aliphatic imine (C=N–C) groups is 1. The van der Waals surface area contributed by atoms with Crippen molar-refractivity contribution in [3.05, 3.63) is 63.4 Å². The minimum absolute atomic E-state index is 0.0904. The van der Waals surface area contributed by atoms with Crippen LogP contribution in [0.15, 0.2) is 45.9 Å². The second-order valence-corrected chi connectivity index (χ2v) is 8.98. The number of benzene rings is 2. The maximum absolute atomic E-state index is 14.7. The molecule has 2 fully saturated rings. The molecule has 1 amide bonds. The lowest BCUT2D eigenvalue weighted by Crippen LogP contribution is -2.39. The molecule has 6 nitrogen and oxygen atoms in total. The van der Waals surface area contributed by atoms with Gasteiger partial charge in [0.2, 0.25) is 0 Å². The van der Waals surface area contributed by atoms with Gasteiger partial charge >= 0.3 is 0 Å². The van der Waals surface area contributed by atoms with Gasteiger partial charge in [0.1, 0.15) is 11.6 Å². The topological polar surface area (TPSA) is 79.9 Å². The molecule has 2 aliphatic rings. The molecule has 2 heterocycles. The van der Waals surface area contributed by atoms with Crippen molar-refractivity contribution in [2.24, 2.45) is 16.6 Å². The van der Waals surface area contributed by atoms with Gasteiger partial charge < -0.3 is 15.4 Å². The Kier molecular flexibility index (Phi) is 6.57. The highest BCUT2D eigenvalue weighted by Crippen LogP contribution is 2.30. The highest BCUT2D eigenvalue weighted by atomic mass is 79.9. The van der Waals surface area contributed by atoms with Gasteiger partial charge in [0, 0.05) is 28.7 Å². The summed E-state index contributed by atoms with van der Waals surface area (Å²) in [6, 6.07) is 10.3. The maximum Gasteiger partial charge on any atom is 0.258 e. The number of amides is 1. The van der Waals surface area contributed by atoms with Crippen LogP contribution in [0.25, 0.3) is 0 Å². The number of rotatable bonds is 6. The van der Waals surface area contributed by atoms with E-state index in [0.717, 1.165) is 41.8 Å². The lowest BCUT2D eigenvalue weighted by atomic mass is 9.98. The van der Waals surface area contributed by atoms with Crippen LogP contribution in [-0.4, -0.2) is 49.6 Å². The summed E-state index contributed by atoms with van der Waals surface area (Å²) in [4.78, 5) is 19.7. The molecule has 2 aliphatic heterocycles. The first kappa shape index (κ1) is 21.8. The van der Waals surface area contributed by atoms with E-state index >= 15 is 0 Å². The third kappa shape index (κ3) is 4.91. The van der Waals surface area contributed by atoms with E-state index in [0.29, 0.717) is 24.3 Å². The first-order valence-corrected chi connectivity index (χ1v) is 11.2. The molecule has 0 radical (unpaired) electrons. The Labute approximate surface area is 189 Å². The molecule has 0 aliphatic carbocycles. The number of ether oxygens (including phenoxy) is 1. The lowest BCUT2D eigenvalue weighted by molar-refractivity contribution is 0.0975. The van der Waals surface area contributed by atoms with Crippen LogP contribution in [0.1, 0.15) is 27.9 Å². The number of hydrogen-bond donors (Lipinski definition) is 2. The van der Waals surface area contributed by atoms with Gasteiger partial charge in [-0.05, 0) is 67.6 Å². The molecule has 8 heteroatoms. The number of hydrogen-bond acceptors (Lipinski definition) is 4. The number of methoxy groups -OCH3 is 1. The Hall–Kier alpha value is -2.45. The molecular formula is C23H26BrFN4O2. The van der Waals surface area contributed by atoms with E-state index in [1.807, 2.05) is 18.2 Å². The second-order valence-electron chi connectivity index (χ2n) is 8.07. The van der Waals surface area contributed by atoms with E-state index in [1.54, 1.807) is 13.2 Å². The molecule has 3 N–H and O–H groups in total. The summed E-state index contributed by atoms with van der Waals surface area (Å²) in [7, 11) is 1.60. The van der Waals surface area contributed by atoms with E-state index in [1.165, 1.54) is 12.1 Å². The average molecular weight is 489 g/mol. The zero-order valence-electron chi connectivity index (χ0n) is 17.4. The number of fused-ring (bicyclic) bond motifs is 2. The largest absolute Gasteiger partial charge is 0.496 e. The molecule has 2 bridgehead atoms. The number of carbonyl (C=O) groups is 1. The number of guanidine groups is 1. The average Bonchev–Trinajstić information content (AvgIpc) is 3.36. The fraction of sp³-hybridized carbons (Fsp3) is 0.391. The summed E-state index contributed by atoms with van der Waals surface area (Å²) in [5, 5.41) is 2.65. The Morgan fingerprint density at radius 2 is 2.16 bits per heavy atom. The van der Waals surface area contributed by atoms with E-state index in [-0.39, 0.29) is 17.6 Å². The molecule has 2 aromatic carbocycles. The van der Waals surface area contributed by atoms with Gasteiger partial charge in [-0.1, -0.05) is 22.0 Å². The van der Waals surface area contributed by atoms with Crippen LogP contribution in [0.2, 0.25) is 0 Å². The summed E-state index contributed by atoms with van der Waals surface area (Å²) in [6.45, 7) is 3.03. The first-order chi connectivity index (χ1) is 14.9. The van der Waals surface area contributed by atoms with Gasteiger partial charge in [-0.2, -0.15) is 0 Å². The molecule has 31 heavy (non-hydrogen) atoms. The molecule has 0 spiro atoms. The fourth-order valence-corrected chi connectivity index (χ4v) is 4.93. The molecule has 3 atom stereocenters. The van der Waals surface area contributed by atoms with Gasteiger partial charge in [0.15, 0.2) is 5.96 Å². The van der Waals surface area contributed by atoms with Crippen molar-refractivity contribution >= 4 is 27.8 Å². The SMILES string of the molecule is COc1ccc(Br)cc1CCc1c(F)cccc1C(=O)NC(N)=NC1CN2CCC1C2. The molecule has 164 valence electrons. The minimum Gasteiger partial charge on any atom is -0.496 e. The van der Waals surface area contributed by atoms with Gasteiger partial charge in [-0.15, -0.1) is 0 Å². The Morgan fingerprint density at radius 3 is 2.87 bits per heavy atom. The molecular weight excluding hydrogens is 463 g/mol. The maximum atomic E-state index is 14.7. The number of nitrogens with two attached hydrogens (primary N) is 1. The predicted molar refractivity (Wildman–Crippen MR) is 122 cm³/mol. The standard InChI is InChI=1S/C23H26BrFN4O2/c1-31-21-8-6-16(24)11-14(21)5-7-17-18(3-2-4-19(17)25)22(30)28-23(26)27-20-13-29-10-9-15(20)12-29/h2-4,6,8,11,15,20H,5,7,9-10,12-13H2,1H3,(H3,26,27,28,30). The quantitative estimate of drug-likeness (QED) is 0.483. The third-order valence-corrected chi connectivity index (χ3v) is 6.59. The summed E-state index contributed by atoms with van der Waals surface area (Å²) in [5.41, 5.74) is 7.56. The summed E-state index contributed by atoms with van der Waals surface area (Å²) in [6.07, 6.45) is 1.98. The highest BCUT2D eigenvalue weighted by molar-refractivity contribution is 9.10. The number of piperidine rings is 1. The van der Waals surface area contributed by atoms with Crippen molar-refractivity contribution in [1.82, 2.24) is 10.2 Å². The van der Waals surface area contributed by atoms with Crippen LogP contribution < -0.4 is 15.8 Å². The monoisotopic (exact) mass is 488 g/mol. The van der Waals surface area contributed by atoms with Crippen LogP contribution in [0.5, 0.6) is 5.75 Å². The predicted octanol–water partition coefficient (Wildman–Crippen LogP) is 3.13. The third-order valence-electron chi connectivity index (χ3n) is 6.10. The van der Waals surface area contributed by atoms with Crippen molar-refractivity contribution in [3.63, 3.8) is 0 Å². The van der Waals surface area contributed by atoms with Crippen molar-refractivity contribution in [1.29, 1.82) is 0 Å². The Morgan fingerprint density at radius 1 is 1.32 bits per heavy atom. The molecule has 0 saturated carbocycles. The van der Waals surface area contributed by atoms with E-state index in [9.17, 15) is 9.18 Å². The van der Waals surface area contributed by atoms with Gasteiger partial charge in [-0.25, -0.2) is 9.38 Å². The molecule has 2 aromatic rings. The van der Waals surface area contributed by atoms with Crippen molar-refractivity contribution in [2.45, 2.75) is 25.3 Å². The Balaban J connectivity index is 1.48. The number of carbonyl (C=O) groups excluding carboxylic acids is 1. The molecule has 4 rings (SSSR count). The lowest BCUT2D eigenvalue weighted by Gasteiger charge is -2.19.